The first-order chi connectivity index (χ1) is 28.3. The zero-order chi connectivity index (χ0) is 41.6. The summed E-state index contributed by atoms with van der Waals surface area (Å²) in [7, 11) is 0. The van der Waals surface area contributed by atoms with Gasteiger partial charge >= 0.3 is 359 Å². The number of benzene rings is 6. The zero-order valence-electron chi connectivity index (χ0n) is 37.1. The molecular formula is C58H64Hf. The van der Waals surface area contributed by atoms with Crippen molar-refractivity contribution in [1.82, 2.24) is 0 Å². The van der Waals surface area contributed by atoms with Gasteiger partial charge in [-0.15, -0.1) is 0 Å². The van der Waals surface area contributed by atoms with Crippen molar-refractivity contribution in [3.8, 4) is 22.3 Å². The van der Waals surface area contributed by atoms with Gasteiger partial charge in [-0.3, -0.25) is 0 Å². The van der Waals surface area contributed by atoms with E-state index in [2.05, 4.69) is 224 Å². The topological polar surface area (TPSA) is 0 Å². The van der Waals surface area contributed by atoms with Gasteiger partial charge in [0.2, 0.25) is 0 Å². The monoisotopic (exact) mass is 940 g/mol. The number of hydrogen-bond acceptors (Lipinski definition) is 0. The Kier molecular flexibility index (Phi) is 11.1. The normalized spacial score (nSPS) is 16.6. The van der Waals surface area contributed by atoms with Gasteiger partial charge in [-0.2, -0.15) is 0 Å². The van der Waals surface area contributed by atoms with Crippen molar-refractivity contribution < 1.29 is 18.0 Å². The minimum atomic E-state index is -4.86. The Balaban J connectivity index is 1.43. The summed E-state index contributed by atoms with van der Waals surface area (Å²) in [6.45, 7) is 21.2. The molecule has 2 aliphatic rings. The molecule has 0 aromatic heterocycles. The van der Waals surface area contributed by atoms with E-state index >= 15 is 0 Å². The van der Waals surface area contributed by atoms with Gasteiger partial charge in [0.1, 0.15) is 0 Å². The van der Waals surface area contributed by atoms with Crippen LogP contribution >= 0.6 is 0 Å². The van der Waals surface area contributed by atoms with E-state index in [1.807, 2.05) is 0 Å². The van der Waals surface area contributed by atoms with Crippen LogP contribution in [0.25, 0.3) is 34.4 Å². The van der Waals surface area contributed by atoms with Crippen molar-refractivity contribution in [1.29, 1.82) is 0 Å². The molecule has 300 valence electrons. The number of fused-ring (bicyclic) bond motifs is 2. The molecule has 6 aromatic rings. The first-order valence-corrected chi connectivity index (χ1v) is 33.5. The standard InChI is InChI=1S/2C21H23.2C7H7.C2H4.Hf/c2*1-5-15-13-17-7-6-8-19(20(17)14-15)16-9-11-18(12-10-16)21(2,3)4;2*1-7-5-3-2-4-6-7;1-2;/h2*6-14H,5H2,1-4H3;2*2-6H,1H2;1H,2H3;. The van der Waals surface area contributed by atoms with Crippen molar-refractivity contribution in [3.05, 3.63) is 201 Å². The summed E-state index contributed by atoms with van der Waals surface area (Å²) in [4.78, 5) is 0. The van der Waals surface area contributed by atoms with Crippen molar-refractivity contribution in [2.75, 3.05) is 0 Å². The van der Waals surface area contributed by atoms with Crippen LogP contribution in [0.4, 0.5) is 0 Å². The Bertz CT molecular complexity index is 2420. The molecule has 0 radical (unpaired) electrons. The third kappa shape index (κ3) is 7.30. The minimum absolute atomic E-state index is 0.113. The van der Waals surface area contributed by atoms with Crippen LogP contribution in [0, 0.1) is 0 Å². The third-order valence-corrected chi connectivity index (χ3v) is 44.4. The van der Waals surface area contributed by atoms with E-state index in [0.29, 0.717) is 7.35 Å². The fraction of sp³-hybridized carbons (Fsp3) is 0.293. The first-order valence-electron chi connectivity index (χ1n) is 22.2. The van der Waals surface area contributed by atoms with E-state index in [0.717, 1.165) is 21.2 Å². The van der Waals surface area contributed by atoms with Crippen molar-refractivity contribution >= 4 is 15.9 Å². The molecule has 0 saturated heterocycles. The van der Waals surface area contributed by atoms with Gasteiger partial charge in [0.15, 0.2) is 0 Å². The van der Waals surface area contributed by atoms with E-state index in [4.69, 9.17) is 0 Å². The molecule has 0 N–H and O–H groups in total. The molecule has 2 unspecified atom stereocenters. The van der Waals surface area contributed by atoms with Crippen LogP contribution in [0.3, 0.4) is 0 Å². The molecule has 0 saturated carbocycles. The summed E-state index contributed by atoms with van der Waals surface area (Å²) < 4.78 is 5.89. The molecule has 6 aromatic carbocycles. The van der Waals surface area contributed by atoms with E-state index in [9.17, 15) is 0 Å². The fourth-order valence-electron chi connectivity index (χ4n) is 11.5. The summed E-state index contributed by atoms with van der Waals surface area (Å²) in [6, 6.07) is 56.7. The van der Waals surface area contributed by atoms with Crippen LogP contribution in [0.1, 0.15) is 127 Å². The maximum absolute atomic E-state index is 4.86. The predicted molar refractivity (Wildman–Crippen MR) is 255 cm³/mol. The van der Waals surface area contributed by atoms with Crippen LogP contribution < -0.4 is 0 Å². The number of allylic oxidation sites excluding steroid dienone is 2. The second kappa shape index (κ2) is 15.9. The summed E-state index contributed by atoms with van der Waals surface area (Å²) in [6.07, 6.45) is 7.38. The van der Waals surface area contributed by atoms with E-state index < -0.39 is 18.0 Å². The van der Waals surface area contributed by atoms with Gasteiger partial charge in [-0.25, -0.2) is 0 Å². The average molecular weight is 940 g/mol. The molecule has 0 spiro atoms. The van der Waals surface area contributed by atoms with Crippen LogP contribution in [0.2, 0.25) is 0 Å². The molecule has 0 heterocycles. The van der Waals surface area contributed by atoms with Gasteiger partial charge in [0.05, 0.1) is 0 Å². The van der Waals surface area contributed by atoms with Crippen LogP contribution in [0.5, 0.6) is 0 Å². The Hall–Kier alpha value is -4.46. The van der Waals surface area contributed by atoms with Crippen LogP contribution in [-0.4, -0.2) is 3.76 Å². The Morgan fingerprint density at radius 1 is 0.458 bits per heavy atom. The fourth-order valence-corrected chi connectivity index (χ4v) is 45.2. The number of hydrogen-bond donors (Lipinski definition) is 0. The van der Waals surface area contributed by atoms with Gasteiger partial charge in [0.25, 0.3) is 0 Å². The first kappa shape index (κ1) is 41.3. The quantitative estimate of drug-likeness (QED) is 0.120. The van der Waals surface area contributed by atoms with E-state index in [1.165, 1.54) is 55.6 Å². The Morgan fingerprint density at radius 2 is 0.831 bits per heavy atom. The Morgan fingerprint density at radius 3 is 1.15 bits per heavy atom. The molecule has 59 heavy (non-hydrogen) atoms. The summed E-state index contributed by atoms with van der Waals surface area (Å²) in [5, 5.41) is 0. The van der Waals surface area contributed by atoms with E-state index in [1.54, 1.807) is 22.3 Å². The maximum atomic E-state index is 2.93. The van der Waals surface area contributed by atoms with Gasteiger partial charge in [-0.05, 0) is 0 Å². The summed E-state index contributed by atoms with van der Waals surface area (Å²) in [5.74, 6) is 0. The molecule has 8 rings (SSSR count). The van der Waals surface area contributed by atoms with Crippen molar-refractivity contribution in [2.24, 2.45) is 0 Å². The molecule has 2 aliphatic carbocycles. The molecule has 0 amide bonds. The van der Waals surface area contributed by atoms with Crippen molar-refractivity contribution in [2.45, 2.75) is 102 Å². The molecule has 0 bridgehead atoms. The number of rotatable bonds is 10. The molecule has 0 fully saturated rings. The predicted octanol–water partition coefficient (Wildman–Crippen LogP) is 15.9. The molecule has 1 heteroatoms. The van der Waals surface area contributed by atoms with E-state index in [-0.39, 0.29) is 10.8 Å². The Labute approximate surface area is 356 Å². The molecule has 0 nitrogen and oxygen atoms in total. The molecule has 2 atom stereocenters. The van der Waals surface area contributed by atoms with Crippen LogP contribution in [0.15, 0.2) is 157 Å². The summed E-state index contributed by atoms with van der Waals surface area (Å²) in [5.41, 5.74) is 20.5. The molecular weight excluding hydrogens is 875 g/mol. The van der Waals surface area contributed by atoms with Gasteiger partial charge in [-0.1, -0.05) is 0 Å². The second-order valence-electron chi connectivity index (χ2n) is 19.9. The van der Waals surface area contributed by atoms with Gasteiger partial charge < -0.3 is 0 Å². The third-order valence-electron chi connectivity index (χ3n) is 14.4. The second-order valence-corrected chi connectivity index (χ2v) is 42.8. The average Bonchev–Trinajstić information content (AvgIpc) is 3.84. The molecule has 0 aliphatic heterocycles. The zero-order valence-corrected chi connectivity index (χ0v) is 40.7. The van der Waals surface area contributed by atoms with Gasteiger partial charge in [0, 0.05) is 0 Å². The van der Waals surface area contributed by atoms with Crippen molar-refractivity contribution in [3.63, 3.8) is 0 Å². The SMILES string of the molecule is C[CH]=[Hf]([CH2]c1ccccc1)([CH2]c1ccccc1)([CH]1C(CC)=Cc2c(-c3ccc(C(C)(C)C)cc3)cccc21)[CH]1C(CC)=Cc2c(-c3ccc(C(C)(C)C)cc3)cccc21. The summed E-state index contributed by atoms with van der Waals surface area (Å²) >= 11 is -4.86. The van der Waals surface area contributed by atoms with Crippen LogP contribution in [-0.2, 0) is 37.2 Å².